The van der Waals surface area contributed by atoms with Gasteiger partial charge in [0.25, 0.3) is 0 Å². The highest BCUT2D eigenvalue weighted by atomic mass is 16.5. The minimum atomic E-state index is -0.789. The van der Waals surface area contributed by atoms with Crippen LogP contribution in [0.3, 0.4) is 0 Å². The highest BCUT2D eigenvalue weighted by Gasteiger charge is 2.23. The van der Waals surface area contributed by atoms with E-state index in [1.54, 1.807) is 0 Å². The second kappa shape index (κ2) is 8.63. The summed E-state index contributed by atoms with van der Waals surface area (Å²) in [4.78, 5) is 33.8. The Hall–Kier alpha value is -1.43. The molecule has 0 aromatic heterocycles. The van der Waals surface area contributed by atoms with Gasteiger partial charge < -0.3 is 15.8 Å². The molecule has 0 bridgehead atoms. The normalized spacial score (nSPS) is 13.6. The molecule has 104 valence electrons. The second-order valence-corrected chi connectivity index (χ2v) is 4.23. The van der Waals surface area contributed by atoms with E-state index in [-0.39, 0.29) is 11.7 Å². The van der Waals surface area contributed by atoms with Gasteiger partial charge in [0, 0.05) is 6.92 Å². The Balaban J connectivity index is 4.38. The van der Waals surface area contributed by atoms with Gasteiger partial charge in [-0.25, -0.2) is 4.79 Å². The number of rotatable bonds is 8. The van der Waals surface area contributed by atoms with E-state index in [1.807, 2.05) is 0 Å². The van der Waals surface area contributed by atoms with Crippen LogP contribution in [0.2, 0.25) is 0 Å². The van der Waals surface area contributed by atoms with Gasteiger partial charge in [0.05, 0.1) is 0 Å². The molecule has 3 N–H and O–H groups in total. The number of carbonyl (C=O) groups excluding carboxylic acids is 3. The summed E-state index contributed by atoms with van der Waals surface area (Å²) in [6.45, 7) is 4.72. The first-order chi connectivity index (χ1) is 8.38. The number of nitrogens with one attached hydrogen (secondary N) is 1. The van der Waals surface area contributed by atoms with Gasteiger partial charge >= 0.3 is 5.97 Å². The zero-order valence-electron chi connectivity index (χ0n) is 11.2. The molecular formula is C12H22N2O4. The van der Waals surface area contributed by atoms with Crippen LogP contribution < -0.4 is 11.1 Å². The van der Waals surface area contributed by atoms with E-state index in [1.165, 1.54) is 20.8 Å². The lowest BCUT2D eigenvalue weighted by Crippen LogP contribution is -2.42. The average molecular weight is 258 g/mol. The molecule has 0 aliphatic rings. The molecule has 0 rings (SSSR count). The first-order valence-electron chi connectivity index (χ1n) is 6.06. The van der Waals surface area contributed by atoms with Crippen molar-refractivity contribution in [3.63, 3.8) is 0 Å². The molecule has 0 fully saturated rings. The van der Waals surface area contributed by atoms with Crippen molar-refractivity contribution >= 4 is 17.7 Å². The van der Waals surface area contributed by atoms with Crippen molar-refractivity contribution in [1.82, 2.24) is 5.32 Å². The first kappa shape index (κ1) is 16.6. The molecule has 0 radical (unpaired) electrons. The molecule has 0 aromatic carbocycles. The van der Waals surface area contributed by atoms with Crippen molar-refractivity contribution in [2.24, 2.45) is 5.73 Å². The summed E-state index contributed by atoms with van der Waals surface area (Å²) >= 11 is 0. The predicted molar refractivity (Wildman–Crippen MR) is 66.7 cm³/mol. The fraction of sp³-hybridized carbons (Fsp3) is 0.750. The maximum Gasteiger partial charge on any atom is 0.329 e. The average Bonchev–Trinajstić information content (AvgIpc) is 2.27. The molecule has 0 heterocycles. The molecule has 6 heteroatoms. The molecule has 0 spiro atoms. The fourth-order valence-corrected chi connectivity index (χ4v) is 1.33. The number of ether oxygens (including phenoxy) is 1. The van der Waals surface area contributed by atoms with Gasteiger partial charge in [0.1, 0.15) is 6.04 Å². The minimum absolute atomic E-state index is 0.230. The summed E-state index contributed by atoms with van der Waals surface area (Å²) in [6.07, 6.45) is 1.15. The van der Waals surface area contributed by atoms with E-state index in [0.717, 1.165) is 6.42 Å². The molecule has 1 amide bonds. The summed E-state index contributed by atoms with van der Waals surface area (Å²) in [5.74, 6) is -1.11. The SMILES string of the molecule is CC(=O)NC(CCCCN)C(=O)OC(C)C(C)=O. The van der Waals surface area contributed by atoms with Gasteiger partial charge in [0.15, 0.2) is 11.9 Å². The number of hydrogen-bond acceptors (Lipinski definition) is 5. The second-order valence-electron chi connectivity index (χ2n) is 4.23. The Kier molecular flexibility index (Phi) is 7.94. The summed E-state index contributed by atoms with van der Waals surface area (Å²) in [5.41, 5.74) is 5.36. The van der Waals surface area contributed by atoms with Crippen LogP contribution in [-0.4, -0.2) is 36.4 Å². The molecule has 0 aliphatic heterocycles. The third kappa shape index (κ3) is 7.01. The summed E-state index contributed by atoms with van der Waals surface area (Å²) in [7, 11) is 0. The van der Waals surface area contributed by atoms with Gasteiger partial charge in [-0.2, -0.15) is 0 Å². The van der Waals surface area contributed by atoms with E-state index in [9.17, 15) is 14.4 Å². The van der Waals surface area contributed by atoms with Crippen molar-refractivity contribution in [3.05, 3.63) is 0 Å². The van der Waals surface area contributed by atoms with Crippen molar-refractivity contribution in [2.45, 2.75) is 52.2 Å². The lowest BCUT2D eigenvalue weighted by molar-refractivity contribution is -0.156. The van der Waals surface area contributed by atoms with Gasteiger partial charge in [-0.15, -0.1) is 0 Å². The van der Waals surface area contributed by atoms with E-state index in [4.69, 9.17) is 10.5 Å². The van der Waals surface area contributed by atoms with Crippen LogP contribution in [0.25, 0.3) is 0 Å². The first-order valence-corrected chi connectivity index (χ1v) is 6.06. The van der Waals surface area contributed by atoms with E-state index < -0.39 is 18.1 Å². The minimum Gasteiger partial charge on any atom is -0.453 e. The fourth-order valence-electron chi connectivity index (χ4n) is 1.33. The molecule has 0 saturated heterocycles. The largest absolute Gasteiger partial charge is 0.453 e. The Bertz CT molecular complexity index is 304. The molecule has 18 heavy (non-hydrogen) atoms. The van der Waals surface area contributed by atoms with Crippen LogP contribution in [0.1, 0.15) is 40.0 Å². The summed E-state index contributed by atoms with van der Waals surface area (Å²) < 4.78 is 4.97. The van der Waals surface area contributed by atoms with E-state index in [0.29, 0.717) is 19.4 Å². The maximum atomic E-state index is 11.8. The smallest absolute Gasteiger partial charge is 0.329 e. The number of carbonyl (C=O) groups is 3. The van der Waals surface area contributed by atoms with Crippen LogP contribution >= 0.6 is 0 Å². The molecule has 6 nitrogen and oxygen atoms in total. The predicted octanol–water partition coefficient (Wildman–Crippen LogP) is 0.141. The van der Waals surface area contributed by atoms with Crippen LogP contribution in [-0.2, 0) is 19.1 Å². The van der Waals surface area contributed by atoms with Crippen molar-refractivity contribution in [2.75, 3.05) is 6.54 Å². The number of nitrogens with two attached hydrogens (primary N) is 1. The van der Waals surface area contributed by atoms with Gasteiger partial charge in [-0.1, -0.05) is 0 Å². The van der Waals surface area contributed by atoms with Gasteiger partial charge in [-0.3, -0.25) is 9.59 Å². The highest BCUT2D eigenvalue weighted by Crippen LogP contribution is 2.05. The molecule has 0 saturated carbocycles. The number of Topliss-reactive ketones (excluding diaryl/α,β-unsaturated/α-hetero) is 1. The zero-order chi connectivity index (χ0) is 14.1. The molecular weight excluding hydrogens is 236 g/mol. The number of hydrogen-bond donors (Lipinski definition) is 2. The molecule has 0 aliphatic carbocycles. The number of ketones is 1. The van der Waals surface area contributed by atoms with Gasteiger partial charge in [0.2, 0.25) is 5.91 Å². The standard InChI is InChI=1S/C12H22N2O4/c1-8(15)9(2)18-12(17)11(14-10(3)16)6-4-5-7-13/h9,11H,4-7,13H2,1-3H3,(H,14,16). The van der Waals surface area contributed by atoms with Crippen LogP contribution in [0.4, 0.5) is 0 Å². The highest BCUT2D eigenvalue weighted by molar-refractivity contribution is 5.86. The molecule has 0 aromatic rings. The summed E-state index contributed by atoms with van der Waals surface area (Å²) in [6, 6.07) is -0.712. The van der Waals surface area contributed by atoms with Crippen molar-refractivity contribution in [3.8, 4) is 0 Å². The van der Waals surface area contributed by atoms with Crippen LogP contribution in [0, 0.1) is 0 Å². The quantitative estimate of drug-likeness (QED) is 0.476. The topological polar surface area (TPSA) is 98.5 Å². The van der Waals surface area contributed by atoms with E-state index >= 15 is 0 Å². The molecule has 2 atom stereocenters. The van der Waals surface area contributed by atoms with Crippen LogP contribution in [0.15, 0.2) is 0 Å². The number of amides is 1. The summed E-state index contributed by atoms with van der Waals surface area (Å²) in [5, 5.41) is 2.52. The maximum absolute atomic E-state index is 11.8. The third-order valence-corrected chi connectivity index (χ3v) is 2.47. The van der Waals surface area contributed by atoms with Crippen molar-refractivity contribution in [1.29, 1.82) is 0 Å². The lowest BCUT2D eigenvalue weighted by Gasteiger charge is -2.18. The monoisotopic (exact) mass is 258 g/mol. The lowest BCUT2D eigenvalue weighted by atomic mass is 10.1. The van der Waals surface area contributed by atoms with Crippen LogP contribution in [0.5, 0.6) is 0 Å². The van der Waals surface area contributed by atoms with Crippen molar-refractivity contribution < 1.29 is 19.1 Å². The van der Waals surface area contributed by atoms with E-state index in [2.05, 4.69) is 5.32 Å². The number of unbranched alkanes of at least 4 members (excludes halogenated alkanes) is 1. The zero-order valence-corrected chi connectivity index (χ0v) is 11.2. The Morgan fingerprint density at radius 2 is 1.83 bits per heavy atom. The third-order valence-electron chi connectivity index (χ3n) is 2.47. The number of esters is 1. The van der Waals surface area contributed by atoms with Gasteiger partial charge in [-0.05, 0) is 39.7 Å². The Morgan fingerprint density at radius 3 is 2.28 bits per heavy atom. The molecule has 2 unspecified atom stereocenters. The Labute approximate surface area is 107 Å². The Morgan fingerprint density at radius 1 is 1.22 bits per heavy atom.